The lowest BCUT2D eigenvalue weighted by molar-refractivity contribution is 0.395. The van der Waals surface area contributed by atoms with E-state index < -0.39 is 0 Å². The number of methoxy groups -OCH3 is 1. The van der Waals surface area contributed by atoms with E-state index in [0.29, 0.717) is 23.8 Å². The number of nitrogens with zero attached hydrogens (tertiary/aromatic N) is 4. The number of ether oxygens (including phenoxy) is 2. The normalized spacial score (nSPS) is 14.0. The fourth-order valence-corrected chi connectivity index (χ4v) is 4.81. The monoisotopic (exact) mass is 475 g/mol. The zero-order chi connectivity index (χ0) is 24.6. The van der Waals surface area contributed by atoms with Crippen molar-refractivity contribution in [3.05, 3.63) is 125 Å². The maximum Gasteiger partial charge on any atom is 0.230 e. The molecule has 0 bridgehead atoms. The van der Waals surface area contributed by atoms with E-state index >= 15 is 0 Å². The zero-order valence-electron chi connectivity index (χ0n) is 20.1. The van der Waals surface area contributed by atoms with Crippen LogP contribution in [0.25, 0.3) is 5.69 Å². The van der Waals surface area contributed by atoms with Gasteiger partial charge in [0.05, 0.1) is 42.1 Å². The van der Waals surface area contributed by atoms with Crippen LogP contribution in [-0.2, 0) is 6.54 Å². The van der Waals surface area contributed by atoms with Crippen molar-refractivity contribution in [3.8, 4) is 23.2 Å². The minimum atomic E-state index is -0.268. The highest BCUT2D eigenvalue weighted by atomic mass is 16.5. The smallest absolute Gasteiger partial charge is 0.230 e. The Hall–Kier alpha value is -4.65. The van der Waals surface area contributed by atoms with Crippen LogP contribution in [0.4, 0.5) is 0 Å². The summed E-state index contributed by atoms with van der Waals surface area (Å²) in [5, 5.41) is 14.1. The van der Waals surface area contributed by atoms with Gasteiger partial charge in [-0.05, 0) is 42.3 Å². The molecule has 0 aliphatic carbocycles. The number of para-hydroxylation sites is 1. The van der Waals surface area contributed by atoms with Gasteiger partial charge < -0.3 is 14.0 Å². The van der Waals surface area contributed by atoms with Crippen molar-refractivity contribution in [2.45, 2.75) is 19.4 Å². The van der Waals surface area contributed by atoms with Crippen LogP contribution < -0.4 is 15.0 Å². The molecule has 1 N–H and O–H groups in total. The molecule has 0 saturated heterocycles. The molecule has 3 heterocycles. The van der Waals surface area contributed by atoms with Gasteiger partial charge in [0.2, 0.25) is 11.8 Å². The van der Waals surface area contributed by atoms with Gasteiger partial charge in [0.15, 0.2) is 0 Å². The molecule has 36 heavy (non-hydrogen) atoms. The number of nitrogens with one attached hydrogen (secondary N) is 1. The average Bonchev–Trinajstić information content (AvgIpc) is 3.26. The quantitative estimate of drug-likeness (QED) is 0.372. The molecular formula is C29H25N5O2. The number of hydrogen-bond acceptors (Lipinski definition) is 5. The summed E-state index contributed by atoms with van der Waals surface area (Å²) in [6, 6.07) is 28.0. The van der Waals surface area contributed by atoms with E-state index in [0.717, 1.165) is 39.4 Å². The van der Waals surface area contributed by atoms with Gasteiger partial charge in [-0.25, -0.2) is 9.67 Å². The van der Waals surface area contributed by atoms with Gasteiger partial charge in [-0.15, -0.1) is 0 Å². The van der Waals surface area contributed by atoms with Crippen LogP contribution >= 0.6 is 0 Å². The summed E-state index contributed by atoms with van der Waals surface area (Å²) in [7, 11) is 1.66. The first-order valence-corrected chi connectivity index (χ1v) is 11.8. The summed E-state index contributed by atoms with van der Waals surface area (Å²) in [5.41, 5.74) is 5.89. The van der Waals surface area contributed by atoms with E-state index in [4.69, 9.17) is 14.6 Å². The molecule has 7 nitrogen and oxygen atoms in total. The molecule has 0 fully saturated rings. The van der Waals surface area contributed by atoms with E-state index in [9.17, 15) is 5.41 Å². The Bertz CT molecular complexity index is 1590. The lowest BCUT2D eigenvalue weighted by Crippen LogP contribution is -2.30. The molecule has 1 aliphatic rings. The molecular weight excluding hydrogens is 450 g/mol. The second-order valence-corrected chi connectivity index (χ2v) is 8.79. The van der Waals surface area contributed by atoms with Crippen molar-refractivity contribution < 1.29 is 9.47 Å². The van der Waals surface area contributed by atoms with E-state index in [-0.39, 0.29) is 5.92 Å². The number of hydrogen-bond donors (Lipinski definition) is 1. The summed E-state index contributed by atoms with van der Waals surface area (Å²) in [5.74, 6) is 1.56. The summed E-state index contributed by atoms with van der Waals surface area (Å²) in [4.78, 5) is 4.68. The van der Waals surface area contributed by atoms with Crippen LogP contribution in [0.2, 0.25) is 0 Å². The molecule has 0 spiro atoms. The Morgan fingerprint density at radius 2 is 1.61 bits per heavy atom. The van der Waals surface area contributed by atoms with Crippen LogP contribution in [0.5, 0.6) is 17.5 Å². The van der Waals surface area contributed by atoms with Crippen molar-refractivity contribution in [2.75, 3.05) is 7.11 Å². The van der Waals surface area contributed by atoms with Gasteiger partial charge in [-0.3, -0.25) is 5.41 Å². The van der Waals surface area contributed by atoms with Crippen LogP contribution in [0.1, 0.15) is 33.9 Å². The van der Waals surface area contributed by atoms with Crippen molar-refractivity contribution in [2.24, 2.45) is 0 Å². The summed E-state index contributed by atoms with van der Waals surface area (Å²) in [6.45, 7) is 2.53. The maximum absolute atomic E-state index is 9.21. The number of aryl methyl sites for hydroxylation is 1. The van der Waals surface area contributed by atoms with Gasteiger partial charge in [0, 0.05) is 0 Å². The highest BCUT2D eigenvalue weighted by molar-refractivity contribution is 5.57. The third-order valence-corrected chi connectivity index (χ3v) is 6.57. The average molecular weight is 476 g/mol. The minimum Gasteiger partial charge on any atom is -0.497 e. The van der Waals surface area contributed by atoms with Crippen LogP contribution in [0.3, 0.4) is 0 Å². The molecule has 0 radical (unpaired) electrons. The van der Waals surface area contributed by atoms with Crippen molar-refractivity contribution >= 4 is 0 Å². The Kier molecular flexibility index (Phi) is 5.37. The Labute approximate surface area is 208 Å². The van der Waals surface area contributed by atoms with Crippen molar-refractivity contribution in [3.63, 3.8) is 0 Å². The highest BCUT2D eigenvalue weighted by Gasteiger charge is 2.37. The number of aromatic nitrogens is 4. The van der Waals surface area contributed by atoms with Crippen LogP contribution in [-0.4, -0.2) is 26.4 Å². The molecule has 0 saturated carbocycles. The van der Waals surface area contributed by atoms with E-state index in [1.165, 1.54) is 0 Å². The molecule has 2 aromatic heterocycles. The van der Waals surface area contributed by atoms with Gasteiger partial charge in [0.25, 0.3) is 0 Å². The number of benzene rings is 3. The molecule has 1 atom stereocenters. The number of fused-ring (bicyclic) bond motifs is 2. The summed E-state index contributed by atoms with van der Waals surface area (Å²) in [6.07, 6.45) is 1.68. The highest BCUT2D eigenvalue weighted by Crippen LogP contribution is 2.47. The molecule has 3 aromatic carbocycles. The molecule has 178 valence electrons. The van der Waals surface area contributed by atoms with E-state index in [1.807, 2.05) is 89.0 Å². The van der Waals surface area contributed by atoms with Gasteiger partial charge >= 0.3 is 0 Å². The van der Waals surface area contributed by atoms with Crippen molar-refractivity contribution in [1.82, 2.24) is 19.3 Å². The topological polar surface area (TPSA) is 78.0 Å². The number of rotatable bonds is 5. The lowest BCUT2D eigenvalue weighted by atomic mass is 9.84. The molecule has 1 aliphatic heterocycles. The van der Waals surface area contributed by atoms with Gasteiger partial charge in [0.1, 0.15) is 17.6 Å². The molecule has 0 amide bonds. The predicted octanol–water partition coefficient (Wildman–Crippen LogP) is 5.20. The van der Waals surface area contributed by atoms with Gasteiger partial charge in [-0.1, -0.05) is 60.7 Å². The zero-order valence-corrected chi connectivity index (χ0v) is 20.1. The van der Waals surface area contributed by atoms with Gasteiger partial charge in [-0.2, -0.15) is 5.10 Å². The van der Waals surface area contributed by atoms with Crippen LogP contribution in [0, 0.1) is 12.3 Å². The summed E-state index contributed by atoms with van der Waals surface area (Å²) >= 11 is 0. The minimum absolute atomic E-state index is 0.268. The van der Waals surface area contributed by atoms with Crippen LogP contribution in [0.15, 0.2) is 91.3 Å². The lowest BCUT2D eigenvalue weighted by Gasteiger charge is -2.27. The molecule has 7 heteroatoms. The summed E-state index contributed by atoms with van der Waals surface area (Å²) < 4.78 is 15.5. The van der Waals surface area contributed by atoms with E-state index in [2.05, 4.69) is 17.1 Å². The second-order valence-electron chi connectivity index (χ2n) is 8.79. The van der Waals surface area contributed by atoms with Crippen molar-refractivity contribution in [1.29, 1.82) is 5.41 Å². The Balaban J connectivity index is 1.55. The second kappa shape index (κ2) is 8.85. The first-order chi connectivity index (χ1) is 17.6. The Morgan fingerprint density at radius 3 is 2.31 bits per heavy atom. The SMILES string of the molecule is COc1ccc([C@H]2c3c(C)nn(-c4ccccc4)c3Oc3ncn(Cc4ccccc4)c(=N)c32)cc1. The fourth-order valence-electron chi connectivity index (χ4n) is 4.81. The van der Waals surface area contributed by atoms with E-state index in [1.54, 1.807) is 13.4 Å². The third-order valence-electron chi connectivity index (χ3n) is 6.57. The largest absolute Gasteiger partial charge is 0.497 e. The first kappa shape index (κ1) is 21.9. The maximum atomic E-state index is 9.21. The Morgan fingerprint density at radius 1 is 0.917 bits per heavy atom. The molecule has 0 unspecified atom stereocenters. The predicted molar refractivity (Wildman–Crippen MR) is 136 cm³/mol. The standard InChI is InChI=1S/C29H25N5O2/c1-19-24-25(21-13-15-23(35-2)16-14-21)26-27(30)33(17-20-9-5-3-6-10-20)18-31-28(26)36-29(24)34(32-19)22-11-7-4-8-12-22/h3-16,18,25,30H,17H2,1-2H3/t25-/m0/s1. The fraction of sp³-hybridized carbons (Fsp3) is 0.138. The molecule has 5 aromatic rings. The third kappa shape index (κ3) is 3.65. The first-order valence-electron chi connectivity index (χ1n) is 11.8. The molecule has 6 rings (SSSR count).